The number of benzene rings is 1. The molecule has 0 bridgehead atoms. The van der Waals surface area contributed by atoms with Gasteiger partial charge >= 0.3 is 5.51 Å². The lowest BCUT2D eigenvalue weighted by Gasteiger charge is -2.35. The van der Waals surface area contributed by atoms with E-state index < -0.39 is 17.6 Å². The van der Waals surface area contributed by atoms with E-state index in [2.05, 4.69) is 31.2 Å². The van der Waals surface area contributed by atoms with E-state index in [0.29, 0.717) is 46.7 Å². The lowest BCUT2D eigenvalue weighted by Crippen LogP contribution is -2.34. The third-order valence-corrected chi connectivity index (χ3v) is 6.92. The Hall–Kier alpha value is -4.05. The fourth-order valence-corrected chi connectivity index (χ4v) is 5.05. The number of hydrogen-bond acceptors (Lipinski definition) is 8. The third kappa shape index (κ3) is 5.31. The van der Waals surface area contributed by atoms with Crippen molar-refractivity contribution in [3.05, 3.63) is 60.6 Å². The Morgan fingerprint density at radius 2 is 1.87 bits per heavy atom. The monoisotopic (exact) mass is 540 g/mol. The van der Waals surface area contributed by atoms with Crippen molar-refractivity contribution in [2.24, 2.45) is 14.1 Å². The summed E-state index contributed by atoms with van der Waals surface area (Å²) in [6, 6.07) is 9.36. The summed E-state index contributed by atoms with van der Waals surface area (Å²) in [7, 11) is 3.72. The van der Waals surface area contributed by atoms with Crippen molar-refractivity contribution in [1.82, 2.24) is 29.5 Å². The lowest BCUT2D eigenvalue weighted by atomic mass is 9.91. The fourth-order valence-electron chi connectivity index (χ4n) is 4.77. The molecule has 1 saturated heterocycles. The van der Waals surface area contributed by atoms with Crippen LogP contribution in [0.15, 0.2) is 49.2 Å². The minimum atomic E-state index is -4.55. The maximum absolute atomic E-state index is 12.7. The van der Waals surface area contributed by atoms with Gasteiger partial charge in [0, 0.05) is 62.2 Å². The van der Waals surface area contributed by atoms with Gasteiger partial charge in [-0.05, 0) is 25.0 Å². The Bertz CT molecular complexity index is 1480. The van der Waals surface area contributed by atoms with Crippen LogP contribution in [-0.2, 0) is 14.1 Å². The van der Waals surface area contributed by atoms with E-state index in [4.69, 9.17) is 4.18 Å². The molecule has 4 heterocycles. The Morgan fingerprint density at radius 1 is 1.11 bits per heavy atom. The highest BCUT2D eigenvalue weighted by atomic mass is 32.2. The maximum Gasteiger partial charge on any atom is 0.479 e. The number of piperidine rings is 1. The molecule has 0 amide bonds. The van der Waals surface area contributed by atoms with Gasteiger partial charge in [0.15, 0.2) is 17.8 Å². The first-order chi connectivity index (χ1) is 18.2. The molecule has 1 aliphatic rings. The normalized spacial score (nSPS) is 14.5. The minimum Gasteiger partial charge on any atom is -0.415 e. The van der Waals surface area contributed by atoms with Crippen LogP contribution in [0.5, 0.6) is 5.75 Å². The van der Waals surface area contributed by atoms with Crippen LogP contribution in [-0.4, -0.2) is 48.1 Å². The second-order valence-electron chi connectivity index (χ2n) is 8.95. The molecule has 13 heteroatoms. The van der Waals surface area contributed by atoms with Gasteiger partial charge in [-0.1, -0.05) is 12.1 Å². The van der Waals surface area contributed by atoms with E-state index in [1.807, 2.05) is 29.8 Å². The van der Waals surface area contributed by atoms with E-state index in [9.17, 15) is 18.4 Å². The van der Waals surface area contributed by atoms with E-state index in [-0.39, 0.29) is 11.7 Å². The highest BCUT2D eigenvalue weighted by molar-refractivity contribution is 7.95. The van der Waals surface area contributed by atoms with Gasteiger partial charge in [0.25, 0.3) is 0 Å². The molecular weight excluding hydrogens is 517 g/mol. The molecule has 0 N–H and O–H groups in total. The highest BCUT2D eigenvalue weighted by Gasteiger charge is 2.32. The Kier molecular flexibility index (Phi) is 6.98. The summed E-state index contributed by atoms with van der Waals surface area (Å²) in [5.74, 6) is 1.11. The zero-order valence-corrected chi connectivity index (χ0v) is 21.4. The molecule has 0 atom stereocenters. The molecule has 0 spiro atoms. The largest absolute Gasteiger partial charge is 0.479 e. The molecule has 1 aromatic carbocycles. The van der Waals surface area contributed by atoms with Crippen molar-refractivity contribution >= 4 is 17.7 Å². The fraction of sp³-hybridized carbons (Fsp3) is 0.320. The molecule has 196 valence electrons. The number of rotatable bonds is 6. The molecular formula is C25H23F3N8OS. The zero-order valence-electron chi connectivity index (χ0n) is 20.6. The number of hydrogen-bond donors (Lipinski definition) is 0. The summed E-state index contributed by atoms with van der Waals surface area (Å²) in [5, 5.41) is 23.1. The molecule has 0 saturated carbocycles. The van der Waals surface area contributed by atoms with Gasteiger partial charge in [-0.15, -0.1) is 10.2 Å². The van der Waals surface area contributed by atoms with Gasteiger partial charge in [-0.2, -0.15) is 23.5 Å². The predicted octanol–water partition coefficient (Wildman–Crippen LogP) is 5.08. The van der Waals surface area contributed by atoms with Crippen molar-refractivity contribution in [1.29, 1.82) is 5.26 Å². The Labute approximate surface area is 221 Å². The number of anilines is 1. The number of aryl methyl sites for hydroxylation is 2. The van der Waals surface area contributed by atoms with Crippen LogP contribution in [0.1, 0.15) is 30.1 Å². The summed E-state index contributed by atoms with van der Waals surface area (Å²) in [4.78, 5) is 6.25. The first-order valence-electron chi connectivity index (χ1n) is 11.8. The molecule has 1 aliphatic heterocycles. The van der Waals surface area contributed by atoms with Gasteiger partial charge in [0.05, 0.1) is 23.1 Å². The SMILES string of the molecule is Cn1ccc(-c2ccc(-c3cncc(OSC(F)(F)F)c3)c(N3CCC(c4nncn4C)CC3)c2C#N)n1. The van der Waals surface area contributed by atoms with E-state index in [0.717, 1.165) is 18.7 Å². The molecule has 0 aliphatic carbocycles. The van der Waals surface area contributed by atoms with Crippen LogP contribution in [0.2, 0.25) is 0 Å². The molecule has 3 aromatic heterocycles. The average Bonchev–Trinajstić information content (AvgIpc) is 3.54. The number of nitrogens with zero attached hydrogens (tertiary/aromatic N) is 8. The summed E-state index contributed by atoms with van der Waals surface area (Å²) < 4.78 is 46.5. The first-order valence-corrected chi connectivity index (χ1v) is 12.5. The van der Waals surface area contributed by atoms with Crippen LogP contribution in [0.4, 0.5) is 18.9 Å². The van der Waals surface area contributed by atoms with Gasteiger partial charge in [-0.3, -0.25) is 9.67 Å². The van der Waals surface area contributed by atoms with Gasteiger partial charge in [0.1, 0.15) is 18.2 Å². The molecule has 0 unspecified atom stereocenters. The van der Waals surface area contributed by atoms with Crippen LogP contribution < -0.4 is 9.08 Å². The number of nitriles is 1. The zero-order chi connectivity index (χ0) is 26.9. The van der Waals surface area contributed by atoms with Crippen LogP contribution in [0, 0.1) is 11.3 Å². The average molecular weight is 541 g/mol. The number of pyridine rings is 1. The summed E-state index contributed by atoms with van der Waals surface area (Å²) in [6.45, 7) is 1.30. The molecule has 38 heavy (non-hydrogen) atoms. The molecule has 5 rings (SSSR count). The summed E-state index contributed by atoms with van der Waals surface area (Å²) in [5.41, 5.74) is -0.873. The van der Waals surface area contributed by atoms with E-state index in [1.54, 1.807) is 30.5 Å². The van der Waals surface area contributed by atoms with E-state index >= 15 is 0 Å². The quantitative estimate of drug-likeness (QED) is 0.313. The second kappa shape index (κ2) is 10.4. The lowest BCUT2D eigenvalue weighted by molar-refractivity contribution is -0.0369. The van der Waals surface area contributed by atoms with E-state index in [1.165, 1.54) is 12.3 Å². The Balaban J connectivity index is 1.55. The maximum atomic E-state index is 12.7. The summed E-state index contributed by atoms with van der Waals surface area (Å²) >= 11 is -0.594. The number of aromatic nitrogens is 6. The van der Waals surface area contributed by atoms with Crippen molar-refractivity contribution in [3.8, 4) is 34.2 Å². The summed E-state index contributed by atoms with van der Waals surface area (Å²) in [6.07, 6.45) is 7.87. The second-order valence-corrected chi connectivity index (χ2v) is 9.75. The van der Waals surface area contributed by atoms with Crippen molar-refractivity contribution in [3.63, 3.8) is 0 Å². The van der Waals surface area contributed by atoms with Crippen LogP contribution >= 0.6 is 12.0 Å². The molecule has 9 nitrogen and oxygen atoms in total. The van der Waals surface area contributed by atoms with Crippen LogP contribution in [0.3, 0.4) is 0 Å². The first kappa shape index (κ1) is 25.6. The van der Waals surface area contributed by atoms with Gasteiger partial charge in [0.2, 0.25) is 0 Å². The van der Waals surface area contributed by atoms with Crippen molar-refractivity contribution in [2.75, 3.05) is 18.0 Å². The van der Waals surface area contributed by atoms with Crippen molar-refractivity contribution in [2.45, 2.75) is 24.3 Å². The predicted molar refractivity (Wildman–Crippen MR) is 136 cm³/mol. The molecule has 1 fully saturated rings. The molecule has 4 aromatic rings. The van der Waals surface area contributed by atoms with Crippen LogP contribution in [0.25, 0.3) is 22.4 Å². The van der Waals surface area contributed by atoms with Gasteiger partial charge < -0.3 is 13.7 Å². The number of halogens is 3. The molecule has 0 radical (unpaired) electrons. The third-order valence-electron chi connectivity index (χ3n) is 6.46. The topological polar surface area (TPSA) is 97.7 Å². The smallest absolute Gasteiger partial charge is 0.415 e. The highest BCUT2D eigenvalue weighted by Crippen LogP contribution is 2.42. The minimum absolute atomic E-state index is 0.0379. The Morgan fingerprint density at radius 3 is 2.50 bits per heavy atom. The standard InChI is InChI=1S/C25H23F3N8OS/c1-34-15-31-32-24(34)16-5-9-36(10-6-16)23-19(17-11-18(14-30-13-17)37-38-25(26,27)28)3-4-20(21(23)12-29)22-7-8-35(2)33-22/h3-4,7-8,11,13-16H,5-6,9-10H2,1-2H3. The van der Waals surface area contributed by atoms with Crippen molar-refractivity contribution < 1.29 is 17.4 Å². The number of alkyl halides is 3. The van der Waals surface area contributed by atoms with Gasteiger partial charge in [-0.25, -0.2) is 0 Å².